The zero-order chi connectivity index (χ0) is 36.7. The molecule has 4 heteroatoms. The molecule has 0 saturated heterocycles. The van der Waals surface area contributed by atoms with Crippen molar-refractivity contribution >= 4 is 52.1 Å². The predicted molar refractivity (Wildman–Crippen MR) is 227 cm³/mol. The summed E-state index contributed by atoms with van der Waals surface area (Å²) in [5.74, 6) is 0.592. The van der Waals surface area contributed by atoms with Crippen LogP contribution in [0.2, 0.25) is 0 Å². The highest BCUT2D eigenvalue weighted by molar-refractivity contribution is 8.07. The second-order valence-corrected chi connectivity index (χ2v) is 20.8. The van der Waals surface area contributed by atoms with Gasteiger partial charge in [0, 0.05) is 45.0 Å². The highest BCUT2D eigenvalue weighted by Crippen LogP contribution is 2.64. The summed E-state index contributed by atoms with van der Waals surface area (Å²) < 4.78 is -0.0870. The van der Waals surface area contributed by atoms with Gasteiger partial charge in [-0.1, -0.05) is 122 Å². The van der Waals surface area contributed by atoms with Crippen LogP contribution in [0.25, 0.3) is 0 Å². The lowest BCUT2D eigenvalue weighted by Gasteiger charge is -2.53. The Morgan fingerprint density at radius 2 is 1.50 bits per heavy atom. The number of allylic oxidation sites excluding steroid dienone is 5. The first kappa shape index (κ1) is 34.2. The second-order valence-electron chi connectivity index (χ2n) is 19.3. The van der Waals surface area contributed by atoms with E-state index in [1.54, 1.807) is 11.1 Å². The summed E-state index contributed by atoms with van der Waals surface area (Å²) in [6, 6.07) is 25.9. The van der Waals surface area contributed by atoms with Crippen LogP contribution < -0.4 is 20.7 Å². The molecule has 3 aliphatic heterocycles. The van der Waals surface area contributed by atoms with E-state index in [0.717, 1.165) is 0 Å². The van der Waals surface area contributed by atoms with E-state index in [9.17, 15) is 0 Å². The highest BCUT2D eigenvalue weighted by atomic mass is 32.2. The Labute approximate surface area is 317 Å². The molecule has 0 radical (unpaired) electrons. The molecule has 2 unspecified atom stereocenters. The zero-order valence-corrected chi connectivity index (χ0v) is 34.0. The molecule has 3 aromatic carbocycles. The molecule has 0 aromatic heterocycles. The van der Waals surface area contributed by atoms with Crippen LogP contribution in [-0.4, -0.2) is 17.0 Å². The van der Waals surface area contributed by atoms with E-state index in [-0.39, 0.29) is 39.2 Å². The van der Waals surface area contributed by atoms with Crippen molar-refractivity contribution in [1.82, 2.24) is 0 Å². The number of para-hydroxylation sites is 1. The normalized spacial score (nSPS) is 29.4. The summed E-state index contributed by atoms with van der Waals surface area (Å²) in [7, 11) is 0. The van der Waals surface area contributed by atoms with Gasteiger partial charge in [-0.2, -0.15) is 0 Å². The van der Waals surface area contributed by atoms with Gasteiger partial charge in [0.15, 0.2) is 0 Å². The van der Waals surface area contributed by atoms with Gasteiger partial charge in [0.1, 0.15) is 0 Å². The van der Waals surface area contributed by atoms with Gasteiger partial charge in [0.25, 0.3) is 6.71 Å². The summed E-state index contributed by atoms with van der Waals surface area (Å²) in [6.07, 6.45) is 14.9. The minimum Gasteiger partial charge on any atom is -0.332 e. The molecule has 1 fully saturated rings. The van der Waals surface area contributed by atoms with E-state index >= 15 is 0 Å². The minimum atomic E-state index is -0.219. The summed E-state index contributed by atoms with van der Waals surface area (Å²) in [5.41, 5.74) is 15.8. The fourth-order valence-electron chi connectivity index (χ4n) is 10.4. The average Bonchev–Trinajstić information content (AvgIpc) is 3.40. The van der Waals surface area contributed by atoms with E-state index in [1.165, 1.54) is 68.2 Å². The maximum absolute atomic E-state index is 2.74. The Balaban J connectivity index is 1.37. The number of rotatable bonds is 2. The second kappa shape index (κ2) is 11.0. The molecule has 1 saturated carbocycles. The van der Waals surface area contributed by atoms with E-state index < -0.39 is 0 Å². The number of fused-ring (bicyclic) bond motifs is 6. The number of nitrogens with zero attached hydrogens (tertiary/aromatic N) is 2. The Hall–Kier alpha value is -3.63. The van der Waals surface area contributed by atoms with Crippen LogP contribution in [0.5, 0.6) is 0 Å². The molecule has 3 aromatic rings. The Bertz CT molecular complexity index is 2190. The first-order valence-electron chi connectivity index (χ1n) is 19.6. The fourth-order valence-corrected chi connectivity index (χ4v) is 12.1. The highest BCUT2D eigenvalue weighted by Gasteiger charge is 2.58. The summed E-state index contributed by atoms with van der Waals surface area (Å²) >= 11 is 2.16. The van der Waals surface area contributed by atoms with Crippen molar-refractivity contribution in [3.63, 3.8) is 0 Å². The smallest absolute Gasteiger partial charge is 0.259 e. The van der Waals surface area contributed by atoms with Gasteiger partial charge in [-0.15, -0.1) is 11.8 Å². The van der Waals surface area contributed by atoms with Crippen molar-refractivity contribution < 1.29 is 0 Å². The number of hydrogen-bond donors (Lipinski definition) is 0. The van der Waals surface area contributed by atoms with Crippen molar-refractivity contribution in [3.8, 4) is 0 Å². The van der Waals surface area contributed by atoms with Gasteiger partial charge in [0.2, 0.25) is 0 Å². The fraction of sp³-hybridized carbons (Fsp3) is 0.417. The lowest BCUT2D eigenvalue weighted by atomic mass is 9.36. The third-order valence-corrected chi connectivity index (χ3v) is 15.5. The van der Waals surface area contributed by atoms with Crippen molar-refractivity contribution in [2.45, 2.75) is 105 Å². The molecule has 2 nitrogen and oxygen atoms in total. The van der Waals surface area contributed by atoms with Crippen LogP contribution in [0.1, 0.15) is 94.6 Å². The van der Waals surface area contributed by atoms with Crippen LogP contribution in [0.3, 0.4) is 0 Å². The summed E-state index contributed by atoms with van der Waals surface area (Å²) in [4.78, 5) is 6.94. The molecule has 0 N–H and O–H groups in total. The molecule has 4 atom stereocenters. The maximum atomic E-state index is 2.74. The van der Waals surface area contributed by atoms with Crippen molar-refractivity contribution in [3.05, 3.63) is 130 Å². The summed E-state index contributed by atoms with van der Waals surface area (Å²) in [6.45, 7) is 26.9. The molecule has 266 valence electrons. The van der Waals surface area contributed by atoms with Gasteiger partial charge in [-0.3, -0.25) is 0 Å². The van der Waals surface area contributed by atoms with Gasteiger partial charge in [-0.05, 0) is 118 Å². The molecule has 3 heterocycles. The van der Waals surface area contributed by atoms with Crippen LogP contribution in [0.4, 0.5) is 22.7 Å². The van der Waals surface area contributed by atoms with Crippen molar-refractivity contribution in [2.75, 3.05) is 9.80 Å². The number of hydrogen-bond acceptors (Lipinski definition) is 3. The van der Waals surface area contributed by atoms with Gasteiger partial charge >= 0.3 is 0 Å². The Kier molecular flexibility index (Phi) is 7.21. The zero-order valence-electron chi connectivity index (χ0n) is 33.2. The van der Waals surface area contributed by atoms with Gasteiger partial charge in [0.05, 0.1) is 5.54 Å². The van der Waals surface area contributed by atoms with Crippen LogP contribution in [0.15, 0.2) is 124 Å². The van der Waals surface area contributed by atoms with Gasteiger partial charge in [-0.25, -0.2) is 0 Å². The molecule has 6 aliphatic rings. The minimum absolute atomic E-state index is 0.0344. The predicted octanol–water partition coefficient (Wildman–Crippen LogP) is 11.7. The van der Waals surface area contributed by atoms with Crippen molar-refractivity contribution in [2.24, 2.45) is 22.7 Å². The molecular weight excluding hydrogens is 647 g/mol. The molecule has 0 bridgehead atoms. The first-order chi connectivity index (χ1) is 24.5. The average molecular weight is 703 g/mol. The maximum Gasteiger partial charge on any atom is 0.259 e. The SMILES string of the molecule is CC1=CC=CC(C)C1(C)N1c2ccc(C(C)(C)C)cc2B2C3=C([C@@H]4C=C5C(=C[C@@]4(C)S3)C(C)(C)CCC5(C)C)N(c3ccccc3)c3cccc1c32. The molecule has 52 heavy (non-hydrogen) atoms. The Morgan fingerprint density at radius 1 is 0.808 bits per heavy atom. The quantitative estimate of drug-likeness (QED) is 0.246. The monoisotopic (exact) mass is 702 g/mol. The number of benzene rings is 3. The Morgan fingerprint density at radius 3 is 2.19 bits per heavy atom. The number of thioether (sulfide) groups is 1. The van der Waals surface area contributed by atoms with Crippen LogP contribution in [0, 0.1) is 22.7 Å². The largest absolute Gasteiger partial charge is 0.332 e. The molecule has 0 spiro atoms. The van der Waals surface area contributed by atoms with Crippen LogP contribution >= 0.6 is 11.8 Å². The van der Waals surface area contributed by atoms with E-state index in [4.69, 9.17) is 0 Å². The van der Waals surface area contributed by atoms with Crippen molar-refractivity contribution in [1.29, 1.82) is 0 Å². The first-order valence-corrected chi connectivity index (χ1v) is 20.5. The third kappa shape index (κ3) is 4.58. The number of anilines is 4. The molecule has 3 aliphatic carbocycles. The molecule has 9 rings (SSSR count). The standard InChI is InChI=1S/C48H55BN2S/c1-30-17-15-18-31(2)48(30,11)51-38-24-23-32(44(3,4)5)27-37(38)49-41-39(21-16-22-40(41)51)50(33-19-13-12-14-20-33)42-35-28-34-36(29-47(35,10)52-43(42)49)46(8,9)26-25-45(34,6)7/h12-24,27-30,35H,25-26H2,1-11H3/t30?,35-,47+,48?/m0/s1. The van der Waals surface area contributed by atoms with Crippen LogP contribution in [-0.2, 0) is 5.41 Å². The lowest BCUT2D eigenvalue weighted by Crippen LogP contribution is -2.61. The summed E-state index contributed by atoms with van der Waals surface area (Å²) in [5, 5.41) is 0. The van der Waals surface area contributed by atoms with Gasteiger partial charge < -0.3 is 9.80 Å². The molecular formula is C48H55BN2S. The lowest BCUT2D eigenvalue weighted by molar-refractivity contribution is 0.253. The third-order valence-electron chi connectivity index (χ3n) is 14.1. The van der Waals surface area contributed by atoms with E-state index in [0.29, 0.717) is 5.92 Å². The van der Waals surface area contributed by atoms with E-state index in [2.05, 4.69) is 195 Å². The topological polar surface area (TPSA) is 6.48 Å². The molecule has 0 amide bonds. The van der Waals surface area contributed by atoms with E-state index in [1.807, 2.05) is 0 Å².